The van der Waals surface area contributed by atoms with Crippen molar-refractivity contribution >= 4 is 34.2 Å². The van der Waals surface area contributed by atoms with Crippen LogP contribution in [0.4, 0.5) is 5.69 Å². The molecule has 0 aliphatic rings. The molecule has 18 heavy (non-hydrogen) atoms. The molecule has 0 saturated heterocycles. The van der Waals surface area contributed by atoms with Gasteiger partial charge in [-0.25, -0.2) is 4.79 Å². The van der Waals surface area contributed by atoms with Crippen LogP contribution in [0, 0.1) is 3.57 Å². The van der Waals surface area contributed by atoms with Crippen molar-refractivity contribution in [2.75, 3.05) is 5.32 Å². The Kier molecular flexibility index (Phi) is 4.19. The second-order valence-electron chi connectivity index (χ2n) is 3.87. The predicted molar refractivity (Wildman–Crippen MR) is 79.9 cm³/mol. The van der Waals surface area contributed by atoms with Gasteiger partial charge in [-0.05, 0) is 58.5 Å². The Morgan fingerprint density at radius 3 is 2.50 bits per heavy atom. The molecular weight excluding hydrogens is 341 g/mol. The van der Waals surface area contributed by atoms with Crippen LogP contribution in [-0.4, -0.2) is 11.1 Å². The van der Waals surface area contributed by atoms with Gasteiger partial charge in [-0.15, -0.1) is 0 Å². The van der Waals surface area contributed by atoms with Crippen LogP contribution in [-0.2, 0) is 6.54 Å². The molecule has 0 atom stereocenters. The van der Waals surface area contributed by atoms with Crippen LogP contribution in [0.15, 0.2) is 48.5 Å². The molecule has 0 amide bonds. The Balaban J connectivity index is 2.00. The zero-order valence-corrected chi connectivity index (χ0v) is 11.7. The van der Waals surface area contributed by atoms with E-state index >= 15 is 0 Å². The van der Waals surface area contributed by atoms with E-state index in [9.17, 15) is 4.79 Å². The van der Waals surface area contributed by atoms with E-state index in [1.807, 2.05) is 30.3 Å². The highest BCUT2D eigenvalue weighted by Gasteiger charge is 2.01. The van der Waals surface area contributed by atoms with Gasteiger partial charge in [-0.1, -0.05) is 18.2 Å². The first kappa shape index (κ1) is 12.9. The fourth-order valence-corrected chi connectivity index (χ4v) is 2.11. The third-order valence-corrected chi connectivity index (χ3v) is 3.19. The van der Waals surface area contributed by atoms with Gasteiger partial charge in [0.25, 0.3) is 0 Å². The molecule has 0 aromatic heterocycles. The van der Waals surface area contributed by atoms with E-state index < -0.39 is 5.97 Å². The molecule has 0 fully saturated rings. The zero-order chi connectivity index (χ0) is 13.0. The van der Waals surface area contributed by atoms with Crippen molar-refractivity contribution < 1.29 is 9.90 Å². The highest BCUT2D eigenvalue weighted by Crippen LogP contribution is 2.14. The molecule has 0 heterocycles. The summed E-state index contributed by atoms with van der Waals surface area (Å²) in [5.74, 6) is -0.896. The molecular formula is C14H12INO2. The number of hydrogen-bond acceptors (Lipinski definition) is 2. The van der Waals surface area contributed by atoms with Crippen molar-refractivity contribution in [1.29, 1.82) is 0 Å². The Morgan fingerprint density at radius 1 is 1.17 bits per heavy atom. The lowest BCUT2D eigenvalue weighted by Gasteiger charge is -2.07. The maximum Gasteiger partial charge on any atom is 0.335 e. The van der Waals surface area contributed by atoms with Gasteiger partial charge in [0.15, 0.2) is 0 Å². The fraction of sp³-hybridized carbons (Fsp3) is 0.0714. The van der Waals surface area contributed by atoms with Crippen LogP contribution in [0.5, 0.6) is 0 Å². The summed E-state index contributed by atoms with van der Waals surface area (Å²) in [7, 11) is 0. The van der Waals surface area contributed by atoms with Crippen molar-refractivity contribution in [2.24, 2.45) is 0 Å². The van der Waals surface area contributed by atoms with Gasteiger partial charge < -0.3 is 10.4 Å². The molecule has 4 heteroatoms. The van der Waals surface area contributed by atoms with Crippen molar-refractivity contribution in [1.82, 2.24) is 0 Å². The number of rotatable bonds is 4. The summed E-state index contributed by atoms with van der Waals surface area (Å²) in [6, 6.07) is 15.0. The minimum absolute atomic E-state index is 0.313. The minimum atomic E-state index is -0.896. The number of carbonyl (C=O) groups is 1. The van der Waals surface area contributed by atoms with Crippen molar-refractivity contribution in [2.45, 2.75) is 6.54 Å². The van der Waals surface area contributed by atoms with E-state index in [0.29, 0.717) is 12.1 Å². The van der Waals surface area contributed by atoms with E-state index in [1.54, 1.807) is 12.1 Å². The number of carboxylic acids is 1. The third-order valence-electron chi connectivity index (χ3n) is 2.52. The summed E-state index contributed by atoms with van der Waals surface area (Å²) in [5, 5.41) is 12.1. The van der Waals surface area contributed by atoms with Crippen LogP contribution in [0.2, 0.25) is 0 Å². The van der Waals surface area contributed by atoms with Gasteiger partial charge in [0.05, 0.1) is 5.56 Å². The smallest absolute Gasteiger partial charge is 0.335 e. The van der Waals surface area contributed by atoms with E-state index in [0.717, 1.165) is 11.3 Å². The van der Waals surface area contributed by atoms with Crippen molar-refractivity contribution in [3.05, 3.63) is 63.2 Å². The van der Waals surface area contributed by atoms with Gasteiger partial charge in [0.1, 0.15) is 0 Å². The summed E-state index contributed by atoms with van der Waals surface area (Å²) in [6.07, 6.45) is 0. The number of benzene rings is 2. The summed E-state index contributed by atoms with van der Waals surface area (Å²) in [5.41, 5.74) is 2.43. The minimum Gasteiger partial charge on any atom is -0.478 e. The summed E-state index contributed by atoms with van der Waals surface area (Å²) >= 11 is 2.27. The van der Waals surface area contributed by atoms with Gasteiger partial charge in [-0.2, -0.15) is 0 Å². The maximum absolute atomic E-state index is 10.7. The molecule has 2 N–H and O–H groups in total. The molecule has 0 unspecified atom stereocenters. The molecule has 2 aromatic rings. The van der Waals surface area contributed by atoms with Gasteiger partial charge in [0.2, 0.25) is 0 Å². The second-order valence-corrected chi connectivity index (χ2v) is 5.11. The Labute approximate surface area is 119 Å². The first-order valence-corrected chi connectivity index (χ1v) is 6.55. The lowest BCUT2D eigenvalue weighted by Crippen LogP contribution is -2.01. The third kappa shape index (κ3) is 3.46. The lowest BCUT2D eigenvalue weighted by molar-refractivity contribution is 0.0697. The summed E-state index contributed by atoms with van der Waals surface area (Å²) < 4.78 is 1.18. The molecule has 0 bridgehead atoms. The van der Waals surface area contributed by atoms with Crippen molar-refractivity contribution in [3.63, 3.8) is 0 Å². The lowest BCUT2D eigenvalue weighted by atomic mass is 10.1. The van der Waals surface area contributed by atoms with Gasteiger partial charge in [0, 0.05) is 15.8 Å². The van der Waals surface area contributed by atoms with Crippen molar-refractivity contribution in [3.8, 4) is 0 Å². The molecule has 2 aromatic carbocycles. The molecule has 0 spiro atoms. The average Bonchev–Trinajstić information content (AvgIpc) is 2.37. The first-order valence-electron chi connectivity index (χ1n) is 5.47. The number of halogens is 1. The molecule has 3 nitrogen and oxygen atoms in total. The van der Waals surface area contributed by atoms with E-state index in [-0.39, 0.29) is 0 Å². The quantitative estimate of drug-likeness (QED) is 0.826. The van der Waals surface area contributed by atoms with Crippen LogP contribution >= 0.6 is 22.6 Å². The number of hydrogen-bond donors (Lipinski definition) is 2. The van der Waals surface area contributed by atoms with E-state index in [1.165, 1.54) is 3.57 Å². The van der Waals surface area contributed by atoms with Crippen LogP contribution in [0.1, 0.15) is 15.9 Å². The van der Waals surface area contributed by atoms with Crippen LogP contribution < -0.4 is 5.32 Å². The topological polar surface area (TPSA) is 49.3 Å². The van der Waals surface area contributed by atoms with Gasteiger partial charge >= 0.3 is 5.97 Å². The largest absolute Gasteiger partial charge is 0.478 e. The monoisotopic (exact) mass is 353 g/mol. The zero-order valence-electron chi connectivity index (χ0n) is 9.56. The second kappa shape index (κ2) is 5.86. The Morgan fingerprint density at radius 2 is 1.89 bits per heavy atom. The number of carboxylic acid groups (broad SMARTS) is 1. The maximum atomic E-state index is 10.7. The molecule has 0 saturated carbocycles. The van der Waals surface area contributed by atoms with Gasteiger partial charge in [-0.3, -0.25) is 0 Å². The summed E-state index contributed by atoms with van der Waals surface area (Å²) in [6.45, 7) is 0.681. The fourth-order valence-electron chi connectivity index (χ4n) is 1.57. The van der Waals surface area contributed by atoms with Crippen LogP contribution in [0.25, 0.3) is 0 Å². The number of anilines is 1. The van der Waals surface area contributed by atoms with E-state index in [2.05, 4.69) is 34.0 Å². The predicted octanol–water partition coefficient (Wildman–Crippen LogP) is 3.60. The molecule has 0 aliphatic carbocycles. The SMILES string of the molecule is O=C(O)c1ccc(CNc2cccc(I)c2)cc1. The Hall–Kier alpha value is -1.56. The number of nitrogens with one attached hydrogen (secondary N) is 1. The molecule has 2 rings (SSSR count). The standard InChI is InChI=1S/C14H12INO2/c15-12-2-1-3-13(8-12)16-9-10-4-6-11(7-5-10)14(17)18/h1-8,16H,9H2,(H,17,18). The number of aromatic carboxylic acids is 1. The average molecular weight is 353 g/mol. The highest BCUT2D eigenvalue weighted by molar-refractivity contribution is 14.1. The van der Waals surface area contributed by atoms with E-state index in [4.69, 9.17) is 5.11 Å². The molecule has 0 radical (unpaired) electrons. The Bertz CT molecular complexity index is 552. The summed E-state index contributed by atoms with van der Waals surface area (Å²) in [4.78, 5) is 10.7. The van der Waals surface area contributed by atoms with Crippen LogP contribution in [0.3, 0.4) is 0 Å². The normalized spacial score (nSPS) is 10.1. The highest BCUT2D eigenvalue weighted by atomic mass is 127. The molecule has 92 valence electrons. The molecule has 0 aliphatic heterocycles. The first-order chi connectivity index (χ1) is 8.65.